The molecule has 0 amide bonds. The molecule has 24 heavy (non-hydrogen) atoms. The molecule has 2 rings (SSSR count). The number of hydrogen-bond donors (Lipinski definition) is 2. The summed E-state index contributed by atoms with van der Waals surface area (Å²) in [5.74, 6) is 0.178. The van der Waals surface area contributed by atoms with E-state index >= 15 is 0 Å². The molecule has 1 aromatic carbocycles. The minimum absolute atomic E-state index is 0.104. The number of benzene rings is 1. The molecule has 0 aliphatic heterocycles. The van der Waals surface area contributed by atoms with Crippen molar-refractivity contribution in [3.05, 3.63) is 54.5 Å². The number of nitrogens with one attached hydrogen (secondary N) is 2. The van der Waals surface area contributed by atoms with E-state index in [1.807, 2.05) is 6.92 Å². The van der Waals surface area contributed by atoms with Crippen molar-refractivity contribution in [1.82, 2.24) is 9.44 Å². The van der Waals surface area contributed by atoms with Crippen LogP contribution in [-0.4, -0.2) is 29.9 Å². The maximum atomic E-state index is 12.8. The standard InChI is InChI=1S/C15H20N2O5S2/c1-2-10-16-24(20,21)17-12-15(14-9-6-11-22-14)23(18,19)13-7-4-3-5-8-13/h3-9,11,15-17H,2,10,12H2,1H3. The van der Waals surface area contributed by atoms with Crippen LogP contribution in [0.1, 0.15) is 24.4 Å². The lowest BCUT2D eigenvalue weighted by atomic mass is 10.3. The second kappa shape index (κ2) is 7.93. The van der Waals surface area contributed by atoms with E-state index < -0.39 is 25.3 Å². The molecule has 0 saturated heterocycles. The molecule has 1 aromatic heterocycles. The number of rotatable bonds is 9. The Morgan fingerprint density at radius 1 is 1.00 bits per heavy atom. The first-order valence-corrected chi connectivity index (χ1v) is 10.5. The summed E-state index contributed by atoms with van der Waals surface area (Å²) in [6.07, 6.45) is 1.98. The van der Waals surface area contributed by atoms with Gasteiger partial charge in [-0.1, -0.05) is 25.1 Å². The van der Waals surface area contributed by atoms with Gasteiger partial charge in [0.15, 0.2) is 9.84 Å². The van der Waals surface area contributed by atoms with E-state index in [0.29, 0.717) is 6.42 Å². The number of sulfone groups is 1. The van der Waals surface area contributed by atoms with Gasteiger partial charge in [0.1, 0.15) is 11.0 Å². The summed E-state index contributed by atoms with van der Waals surface area (Å²) >= 11 is 0. The Labute approximate surface area is 142 Å². The monoisotopic (exact) mass is 372 g/mol. The molecule has 2 N–H and O–H groups in total. The summed E-state index contributed by atoms with van der Waals surface area (Å²) in [4.78, 5) is 0.104. The molecule has 132 valence electrons. The molecule has 0 spiro atoms. The van der Waals surface area contributed by atoms with E-state index in [1.165, 1.54) is 24.5 Å². The molecule has 0 bridgehead atoms. The Hall–Kier alpha value is -1.68. The third-order valence-corrected chi connectivity index (χ3v) is 6.52. The minimum Gasteiger partial charge on any atom is -0.468 e. The maximum absolute atomic E-state index is 12.8. The Bertz CT molecular complexity index is 831. The van der Waals surface area contributed by atoms with Gasteiger partial charge < -0.3 is 4.42 Å². The molecule has 0 radical (unpaired) electrons. The Morgan fingerprint density at radius 3 is 2.29 bits per heavy atom. The zero-order valence-corrected chi connectivity index (χ0v) is 14.8. The van der Waals surface area contributed by atoms with Crippen LogP contribution >= 0.6 is 0 Å². The Morgan fingerprint density at radius 2 is 1.71 bits per heavy atom. The van der Waals surface area contributed by atoms with Crippen LogP contribution in [0.2, 0.25) is 0 Å². The highest BCUT2D eigenvalue weighted by Gasteiger charge is 2.32. The van der Waals surface area contributed by atoms with Gasteiger partial charge in [0.2, 0.25) is 0 Å². The van der Waals surface area contributed by atoms with Gasteiger partial charge in [-0.25, -0.2) is 17.9 Å². The van der Waals surface area contributed by atoms with Gasteiger partial charge in [0.05, 0.1) is 11.2 Å². The predicted molar refractivity (Wildman–Crippen MR) is 90.3 cm³/mol. The third kappa shape index (κ3) is 4.67. The average molecular weight is 372 g/mol. The van der Waals surface area contributed by atoms with Crippen molar-refractivity contribution in [3.8, 4) is 0 Å². The molecule has 0 fully saturated rings. The number of furan rings is 1. The largest absolute Gasteiger partial charge is 0.468 e. The van der Waals surface area contributed by atoms with Gasteiger partial charge in [-0.2, -0.15) is 8.42 Å². The lowest BCUT2D eigenvalue weighted by Crippen LogP contribution is -2.40. The van der Waals surface area contributed by atoms with E-state index in [4.69, 9.17) is 4.42 Å². The molecular formula is C15H20N2O5S2. The molecule has 7 nitrogen and oxygen atoms in total. The van der Waals surface area contributed by atoms with Crippen LogP contribution in [-0.2, 0) is 20.0 Å². The van der Waals surface area contributed by atoms with Crippen molar-refractivity contribution in [3.63, 3.8) is 0 Å². The SMILES string of the molecule is CCCNS(=O)(=O)NCC(c1ccco1)S(=O)(=O)c1ccccc1. The van der Waals surface area contributed by atoms with Crippen LogP contribution in [0.5, 0.6) is 0 Å². The molecule has 0 saturated carbocycles. The smallest absolute Gasteiger partial charge is 0.276 e. The molecule has 0 aliphatic carbocycles. The van der Waals surface area contributed by atoms with E-state index in [2.05, 4.69) is 9.44 Å². The highest BCUT2D eigenvalue weighted by molar-refractivity contribution is 7.91. The molecule has 1 atom stereocenters. The summed E-state index contributed by atoms with van der Waals surface area (Å²) in [5.41, 5.74) is 0. The zero-order valence-electron chi connectivity index (χ0n) is 13.2. The van der Waals surface area contributed by atoms with Crippen molar-refractivity contribution in [2.75, 3.05) is 13.1 Å². The van der Waals surface area contributed by atoms with Crippen LogP contribution in [0.15, 0.2) is 58.0 Å². The van der Waals surface area contributed by atoms with Crippen LogP contribution < -0.4 is 9.44 Å². The Balaban J connectivity index is 2.27. The van der Waals surface area contributed by atoms with Crippen LogP contribution in [0.3, 0.4) is 0 Å². The highest BCUT2D eigenvalue weighted by atomic mass is 32.2. The van der Waals surface area contributed by atoms with Gasteiger partial charge in [-0.15, -0.1) is 0 Å². The zero-order chi connectivity index (χ0) is 17.6. The molecular weight excluding hydrogens is 352 g/mol. The van der Waals surface area contributed by atoms with E-state index in [0.717, 1.165) is 0 Å². The summed E-state index contributed by atoms with van der Waals surface area (Å²) in [6.45, 7) is 1.77. The fraction of sp³-hybridized carbons (Fsp3) is 0.333. The highest BCUT2D eigenvalue weighted by Crippen LogP contribution is 2.28. The average Bonchev–Trinajstić information content (AvgIpc) is 3.08. The normalized spacial score (nSPS) is 13.7. The molecule has 1 unspecified atom stereocenters. The van der Waals surface area contributed by atoms with Crippen molar-refractivity contribution in [2.45, 2.75) is 23.5 Å². The summed E-state index contributed by atoms with van der Waals surface area (Å²) in [6, 6.07) is 10.9. The first-order chi connectivity index (χ1) is 11.4. The fourth-order valence-corrected chi connectivity index (χ4v) is 4.76. The van der Waals surface area contributed by atoms with Gasteiger partial charge in [0, 0.05) is 13.1 Å². The third-order valence-electron chi connectivity index (χ3n) is 3.31. The van der Waals surface area contributed by atoms with Crippen molar-refractivity contribution >= 4 is 20.0 Å². The number of hydrogen-bond acceptors (Lipinski definition) is 5. The first-order valence-electron chi connectivity index (χ1n) is 7.43. The quantitative estimate of drug-likeness (QED) is 0.696. The van der Waals surface area contributed by atoms with Gasteiger partial charge in [-0.3, -0.25) is 0 Å². The van der Waals surface area contributed by atoms with Crippen molar-refractivity contribution in [1.29, 1.82) is 0 Å². The van der Waals surface area contributed by atoms with Crippen LogP contribution in [0, 0.1) is 0 Å². The molecule has 2 aromatic rings. The lowest BCUT2D eigenvalue weighted by molar-refractivity contribution is 0.486. The summed E-state index contributed by atoms with van der Waals surface area (Å²) in [5, 5.41) is -1.16. The fourth-order valence-electron chi connectivity index (χ4n) is 2.08. The lowest BCUT2D eigenvalue weighted by Gasteiger charge is -2.17. The molecule has 0 aliphatic rings. The predicted octanol–water partition coefficient (Wildman–Crippen LogP) is 1.63. The molecule has 1 heterocycles. The summed E-state index contributed by atoms with van der Waals surface area (Å²) < 4.78 is 59.3. The molecule has 9 heteroatoms. The van der Waals surface area contributed by atoms with Crippen molar-refractivity contribution in [2.24, 2.45) is 0 Å². The van der Waals surface area contributed by atoms with E-state index in [1.54, 1.807) is 24.3 Å². The maximum Gasteiger partial charge on any atom is 0.276 e. The van der Waals surface area contributed by atoms with Crippen LogP contribution in [0.4, 0.5) is 0 Å². The van der Waals surface area contributed by atoms with Gasteiger partial charge in [0.25, 0.3) is 10.2 Å². The van der Waals surface area contributed by atoms with E-state index in [-0.39, 0.29) is 23.7 Å². The topological polar surface area (TPSA) is 105 Å². The second-order valence-electron chi connectivity index (χ2n) is 5.11. The van der Waals surface area contributed by atoms with Gasteiger partial charge in [-0.05, 0) is 30.7 Å². The second-order valence-corrected chi connectivity index (χ2v) is 8.82. The Kier molecular flexibility index (Phi) is 6.16. The van der Waals surface area contributed by atoms with Crippen molar-refractivity contribution < 1.29 is 21.3 Å². The first kappa shape index (κ1) is 18.7. The summed E-state index contributed by atoms with van der Waals surface area (Å²) in [7, 11) is -7.59. The minimum atomic E-state index is -3.82. The van der Waals surface area contributed by atoms with E-state index in [9.17, 15) is 16.8 Å². The van der Waals surface area contributed by atoms with Gasteiger partial charge >= 0.3 is 0 Å². The van der Waals surface area contributed by atoms with Crippen LogP contribution in [0.25, 0.3) is 0 Å².